The van der Waals surface area contributed by atoms with E-state index in [0.717, 1.165) is 11.3 Å². The molecule has 0 unspecified atom stereocenters. The van der Waals surface area contributed by atoms with Gasteiger partial charge in [0.1, 0.15) is 0 Å². The van der Waals surface area contributed by atoms with Gasteiger partial charge in [0.05, 0.1) is 0 Å². The molecule has 0 saturated heterocycles. The van der Waals surface area contributed by atoms with Gasteiger partial charge in [-0.05, 0) is 11.3 Å². The number of hydrogen-bond acceptors (Lipinski definition) is 4. The van der Waals surface area contributed by atoms with Gasteiger partial charge in [0.2, 0.25) is 0 Å². The predicted molar refractivity (Wildman–Crippen MR) is 33.3 cm³/mol. The lowest BCUT2D eigenvalue weighted by Gasteiger charge is -1.72. The first-order chi connectivity index (χ1) is 4.24. The van der Waals surface area contributed by atoms with E-state index in [9.17, 15) is 9.70 Å². The zero-order chi connectivity index (χ0) is 6.85. The van der Waals surface area contributed by atoms with Crippen molar-refractivity contribution >= 4 is 22.2 Å². The molecule has 0 aliphatic heterocycles. The molecule has 0 radical (unpaired) electrons. The zero-order valence-electron chi connectivity index (χ0n) is 4.30. The van der Waals surface area contributed by atoms with Gasteiger partial charge in [-0.25, -0.2) is 0 Å². The second-order valence-corrected chi connectivity index (χ2v) is 2.34. The summed E-state index contributed by atoms with van der Waals surface area (Å²) in [5.41, 5.74) is 5.14. The molecule has 48 valence electrons. The SMILES string of the molecule is Nc1[nH]c(=O)sc1[NH+]=O. The number of nitrogens with two attached hydrogens (primary N) is 1. The van der Waals surface area contributed by atoms with Crippen molar-refractivity contribution in [3.63, 3.8) is 0 Å². The normalized spacial score (nSPS) is 9.33. The molecule has 6 heteroatoms. The van der Waals surface area contributed by atoms with Crippen molar-refractivity contribution < 1.29 is 5.18 Å². The van der Waals surface area contributed by atoms with Crippen LogP contribution >= 0.6 is 11.3 Å². The quantitative estimate of drug-likeness (QED) is 0.450. The first-order valence-electron chi connectivity index (χ1n) is 2.11. The van der Waals surface area contributed by atoms with Crippen molar-refractivity contribution in [2.24, 2.45) is 0 Å². The molecule has 0 bridgehead atoms. The molecule has 0 aromatic carbocycles. The number of rotatable bonds is 1. The van der Waals surface area contributed by atoms with Crippen LogP contribution in [0.4, 0.5) is 10.8 Å². The zero-order valence-corrected chi connectivity index (χ0v) is 5.12. The molecule has 0 saturated carbocycles. The van der Waals surface area contributed by atoms with E-state index in [1.165, 1.54) is 5.18 Å². The highest BCUT2D eigenvalue weighted by Crippen LogP contribution is 2.09. The van der Waals surface area contributed by atoms with E-state index in [2.05, 4.69) is 4.98 Å². The maximum absolute atomic E-state index is 10.4. The summed E-state index contributed by atoms with van der Waals surface area (Å²) >= 11 is 0.755. The molecule has 1 aromatic heterocycles. The second kappa shape index (κ2) is 1.98. The number of thiazole rings is 1. The van der Waals surface area contributed by atoms with Crippen LogP contribution in [0.1, 0.15) is 0 Å². The Bertz CT molecular complexity index is 275. The highest BCUT2D eigenvalue weighted by molar-refractivity contribution is 7.13. The van der Waals surface area contributed by atoms with Crippen molar-refractivity contribution in [2.45, 2.75) is 0 Å². The van der Waals surface area contributed by atoms with E-state index in [-0.39, 0.29) is 15.7 Å². The maximum atomic E-state index is 10.4. The molecule has 0 aliphatic carbocycles. The Kier molecular flexibility index (Phi) is 1.31. The number of anilines is 1. The third kappa shape index (κ3) is 0.968. The van der Waals surface area contributed by atoms with Gasteiger partial charge in [0.25, 0.3) is 0 Å². The van der Waals surface area contributed by atoms with E-state index in [0.29, 0.717) is 0 Å². The van der Waals surface area contributed by atoms with Crippen LogP contribution in [0.3, 0.4) is 0 Å². The van der Waals surface area contributed by atoms with Crippen LogP contribution in [0, 0.1) is 4.91 Å². The fourth-order valence-electron chi connectivity index (χ4n) is 0.416. The first kappa shape index (κ1) is 5.96. The van der Waals surface area contributed by atoms with Crippen LogP contribution < -0.4 is 15.8 Å². The van der Waals surface area contributed by atoms with Gasteiger partial charge >= 0.3 is 9.87 Å². The Hall–Kier alpha value is -1.17. The minimum absolute atomic E-state index is 0.0972. The topological polar surface area (TPSA) is 89.9 Å². The number of nitroso groups, excluding NO2 is 1. The van der Waals surface area contributed by atoms with Gasteiger partial charge in [0.15, 0.2) is 5.82 Å². The fourth-order valence-corrected chi connectivity index (χ4v) is 0.965. The summed E-state index contributed by atoms with van der Waals surface area (Å²) in [6, 6.07) is 0. The van der Waals surface area contributed by atoms with Crippen LogP contribution in [0.25, 0.3) is 0 Å². The highest BCUT2D eigenvalue weighted by atomic mass is 32.1. The van der Waals surface area contributed by atoms with Crippen molar-refractivity contribution in [3.8, 4) is 0 Å². The molecule has 0 amide bonds. The summed E-state index contributed by atoms with van der Waals surface area (Å²) < 4.78 is 0. The van der Waals surface area contributed by atoms with Crippen LogP contribution in [0.5, 0.6) is 0 Å². The molecule has 9 heavy (non-hydrogen) atoms. The molecule has 0 spiro atoms. The van der Waals surface area contributed by atoms with Crippen LogP contribution in [0.15, 0.2) is 4.79 Å². The van der Waals surface area contributed by atoms with Gasteiger partial charge in [-0.3, -0.25) is 9.78 Å². The lowest BCUT2D eigenvalue weighted by molar-refractivity contribution is -0.373. The number of nitrogens with one attached hydrogen (secondary N) is 2. The summed E-state index contributed by atoms with van der Waals surface area (Å²) in [6.07, 6.45) is 0. The lowest BCUT2D eigenvalue weighted by atomic mass is 10.7. The van der Waals surface area contributed by atoms with Crippen LogP contribution in [0.2, 0.25) is 0 Å². The first-order valence-corrected chi connectivity index (χ1v) is 2.92. The van der Waals surface area contributed by atoms with Crippen molar-refractivity contribution in [1.29, 1.82) is 0 Å². The summed E-state index contributed by atoms with van der Waals surface area (Å²) in [7, 11) is 0. The summed E-state index contributed by atoms with van der Waals surface area (Å²) in [4.78, 5) is 22.2. The molecular formula is C3H4N3O2S+. The van der Waals surface area contributed by atoms with Gasteiger partial charge in [0, 0.05) is 10.1 Å². The minimum atomic E-state index is -0.328. The molecule has 5 nitrogen and oxygen atoms in total. The van der Waals surface area contributed by atoms with Gasteiger partial charge in [-0.2, -0.15) is 0 Å². The molecule has 1 heterocycles. The Labute approximate surface area is 53.5 Å². The summed E-state index contributed by atoms with van der Waals surface area (Å²) in [5.74, 6) is 0.0972. The number of nitrogen functional groups attached to an aromatic ring is 1. The average Bonchev–Trinajstić information content (AvgIpc) is 2.10. The number of aromatic amines is 1. The van der Waals surface area contributed by atoms with E-state index >= 15 is 0 Å². The van der Waals surface area contributed by atoms with Crippen LogP contribution in [-0.4, -0.2) is 4.98 Å². The molecule has 1 rings (SSSR count). The average molecular weight is 146 g/mol. The molecule has 0 aliphatic rings. The van der Waals surface area contributed by atoms with Crippen molar-refractivity contribution in [2.75, 3.05) is 5.73 Å². The van der Waals surface area contributed by atoms with Gasteiger partial charge in [-0.15, -0.1) is 0 Å². The molecule has 0 atom stereocenters. The Morgan fingerprint density at radius 2 is 2.33 bits per heavy atom. The molecule has 4 N–H and O–H groups in total. The second-order valence-electron chi connectivity index (χ2n) is 1.36. The predicted octanol–water partition coefficient (Wildman–Crippen LogP) is -1.50. The summed E-state index contributed by atoms with van der Waals surface area (Å²) in [6.45, 7) is 0. The Balaban J connectivity index is 3.31. The van der Waals surface area contributed by atoms with Gasteiger partial charge in [-0.1, -0.05) is 0 Å². The smallest absolute Gasteiger partial charge is 0.353 e. The van der Waals surface area contributed by atoms with Crippen LogP contribution in [-0.2, 0) is 0 Å². The standard InChI is InChI=1S/C3H3N3O2S/c4-1-2(6-8)9-3(7)5-1/h4H2,(H,5,7)/p+1. The highest BCUT2D eigenvalue weighted by Gasteiger charge is 2.08. The summed E-state index contributed by atoms with van der Waals surface area (Å²) in [5, 5.41) is 1.67. The molecule has 0 fully saturated rings. The largest absolute Gasteiger partial charge is 0.379 e. The Morgan fingerprint density at radius 1 is 1.67 bits per heavy atom. The van der Waals surface area contributed by atoms with E-state index in [1.807, 2.05) is 0 Å². The molecular weight excluding hydrogens is 142 g/mol. The van der Waals surface area contributed by atoms with Gasteiger partial charge < -0.3 is 5.73 Å². The Morgan fingerprint density at radius 3 is 2.56 bits per heavy atom. The van der Waals surface area contributed by atoms with Crippen molar-refractivity contribution in [1.82, 2.24) is 4.98 Å². The minimum Gasteiger partial charge on any atom is -0.379 e. The monoisotopic (exact) mass is 146 g/mol. The van der Waals surface area contributed by atoms with Crippen molar-refractivity contribution in [3.05, 3.63) is 14.6 Å². The van der Waals surface area contributed by atoms with E-state index in [1.54, 1.807) is 0 Å². The number of hydrogen-bond donors (Lipinski definition) is 3. The third-order valence-electron chi connectivity index (χ3n) is 0.769. The molecule has 1 aromatic rings. The van der Waals surface area contributed by atoms with E-state index < -0.39 is 0 Å². The number of H-pyrrole nitrogens is 1. The maximum Gasteiger partial charge on any atom is 0.353 e. The fraction of sp³-hybridized carbons (Fsp3) is 0. The third-order valence-corrected chi connectivity index (χ3v) is 1.56. The van der Waals surface area contributed by atoms with E-state index in [4.69, 9.17) is 5.73 Å². The lowest BCUT2D eigenvalue weighted by Crippen LogP contribution is -2.55. The number of aromatic nitrogens is 1.